The molecule has 1 N–H and O–H groups in total. The van der Waals surface area contributed by atoms with E-state index in [1.165, 1.54) is 0 Å². The Kier molecular flexibility index (Phi) is 6.52. The van der Waals surface area contributed by atoms with Gasteiger partial charge in [0.15, 0.2) is 5.82 Å². The van der Waals surface area contributed by atoms with Gasteiger partial charge in [-0.05, 0) is 79.6 Å². The van der Waals surface area contributed by atoms with Gasteiger partial charge in [-0.25, -0.2) is 9.67 Å². The summed E-state index contributed by atoms with van der Waals surface area (Å²) in [4.78, 5) is 17.7. The van der Waals surface area contributed by atoms with E-state index < -0.39 is 5.91 Å². The number of rotatable bonds is 6. The van der Waals surface area contributed by atoms with Gasteiger partial charge in [-0.3, -0.25) is 4.79 Å². The number of hydrogen-bond acceptors (Lipinski definition) is 4. The fourth-order valence-electron chi connectivity index (χ4n) is 3.76. The van der Waals surface area contributed by atoms with Gasteiger partial charge in [0.05, 0.1) is 5.69 Å². The van der Waals surface area contributed by atoms with Gasteiger partial charge in [0, 0.05) is 16.3 Å². The number of para-hydroxylation sites is 1. The molecule has 36 heavy (non-hydrogen) atoms. The number of aromatic nitrogens is 3. The highest BCUT2D eigenvalue weighted by atomic mass is 35.5. The second kappa shape index (κ2) is 10.1. The SMILES string of the molecule is Cc1ccc(C)c(-n2nc(C(=O)Nc3ccc(Oc4ccccc4)cc3)nc2-c2cccc(Cl)c2)c1. The van der Waals surface area contributed by atoms with E-state index in [2.05, 4.69) is 15.4 Å². The Balaban J connectivity index is 1.44. The van der Waals surface area contributed by atoms with Crippen molar-refractivity contribution in [3.05, 3.63) is 119 Å². The van der Waals surface area contributed by atoms with Crippen LogP contribution in [0.1, 0.15) is 21.7 Å². The first-order valence-electron chi connectivity index (χ1n) is 11.4. The molecule has 1 amide bonds. The van der Waals surface area contributed by atoms with E-state index in [1.807, 2.05) is 74.5 Å². The zero-order valence-electron chi connectivity index (χ0n) is 19.8. The van der Waals surface area contributed by atoms with Gasteiger partial charge in [-0.1, -0.05) is 54.1 Å². The third-order valence-corrected chi connectivity index (χ3v) is 5.81. The Bertz CT molecular complexity index is 1530. The van der Waals surface area contributed by atoms with Crippen LogP contribution in [0.25, 0.3) is 17.1 Å². The number of nitrogens with zero attached hydrogens (tertiary/aromatic N) is 3. The first-order valence-corrected chi connectivity index (χ1v) is 11.8. The Morgan fingerprint density at radius 2 is 1.61 bits per heavy atom. The number of halogens is 1. The molecule has 1 heterocycles. The molecule has 0 saturated heterocycles. The average Bonchev–Trinajstić information content (AvgIpc) is 3.33. The Labute approximate surface area is 214 Å². The summed E-state index contributed by atoms with van der Waals surface area (Å²) in [5.41, 5.74) is 4.30. The van der Waals surface area contributed by atoms with Crippen LogP contribution in [0.5, 0.6) is 11.5 Å². The van der Waals surface area contributed by atoms with Crippen LogP contribution in [-0.2, 0) is 0 Å². The lowest BCUT2D eigenvalue weighted by Gasteiger charge is -2.10. The normalized spacial score (nSPS) is 10.8. The standard InChI is InChI=1S/C29H23ClN4O2/c1-19-11-12-20(2)26(17-19)34-28(21-7-6-8-22(30)18-21)32-27(33-34)29(35)31-23-13-15-25(16-14-23)36-24-9-4-3-5-10-24/h3-18H,1-2H3,(H,31,35). The molecule has 0 bridgehead atoms. The van der Waals surface area contributed by atoms with Crippen LogP contribution in [-0.4, -0.2) is 20.7 Å². The van der Waals surface area contributed by atoms with E-state index in [0.717, 1.165) is 28.1 Å². The minimum Gasteiger partial charge on any atom is -0.457 e. The molecule has 5 rings (SSSR count). The maximum Gasteiger partial charge on any atom is 0.295 e. The van der Waals surface area contributed by atoms with Crippen molar-refractivity contribution < 1.29 is 9.53 Å². The molecule has 1 aromatic heterocycles. The van der Waals surface area contributed by atoms with Crippen molar-refractivity contribution in [3.8, 4) is 28.6 Å². The zero-order valence-corrected chi connectivity index (χ0v) is 20.5. The third kappa shape index (κ3) is 5.14. The van der Waals surface area contributed by atoms with Crippen LogP contribution in [0.3, 0.4) is 0 Å². The minimum absolute atomic E-state index is 0.0514. The van der Waals surface area contributed by atoms with Gasteiger partial charge < -0.3 is 10.1 Å². The van der Waals surface area contributed by atoms with Gasteiger partial charge in [0.25, 0.3) is 5.91 Å². The second-order valence-corrected chi connectivity index (χ2v) is 8.80. The lowest BCUT2D eigenvalue weighted by Crippen LogP contribution is -2.14. The molecular formula is C29H23ClN4O2. The lowest BCUT2D eigenvalue weighted by atomic mass is 10.1. The molecule has 4 aromatic carbocycles. The Morgan fingerprint density at radius 1 is 0.861 bits per heavy atom. The average molecular weight is 495 g/mol. The molecule has 0 unspecified atom stereocenters. The molecule has 0 radical (unpaired) electrons. The summed E-state index contributed by atoms with van der Waals surface area (Å²) in [5, 5.41) is 8.03. The number of carbonyl (C=O) groups excluding carboxylic acids is 1. The van der Waals surface area contributed by atoms with Crippen LogP contribution < -0.4 is 10.1 Å². The molecule has 7 heteroatoms. The molecule has 0 spiro atoms. The van der Waals surface area contributed by atoms with E-state index in [0.29, 0.717) is 22.3 Å². The molecular weight excluding hydrogens is 472 g/mol. The largest absolute Gasteiger partial charge is 0.457 e. The van der Waals surface area contributed by atoms with Crippen LogP contribution >= 0.6 is 11.6 Å². The number of ether oxygens (including phenoxy) is 1. The highest BCUT2D eigenvalue weighted by Gasteiger charge is 2.20. The summed E-state index contributed by atoms with van der Waals surface area (Å²) in [7, 11) is 0. The van der Waals surface area contributed by atoms with Crippen molar-refractivity contribution in [2.75, 3.05) is 5.32 Å². The summed E-state index contributed by atoms with van der Waals surface area (Å²) in [6.07, 6.45) is 0. The van der Waals surface area contributed by atoms with Gasteiger partial charge in [-0.15, -0.1) is 5.10 Å². The van der Waals surface area contributed by atoms with Crippen LogP contribution in [0, 0.1) is 13.8 Å². The molecule has 0 fully saturated rings. The predicted molar refractivity (Wildman–Crippen MR) is 142 cm³/mol. The van der Waals surface area contributed by atoms with Crippen molar-refractivity contribution in [2.24, 2.45) is 0 Å². The molecule has 178 valence electrons. The summed E-state index contributed by atoms with van der Waals surface area (Å²) in [6, 6.07) is 30.1. The van der Waals surface area contributed by atoms with Crippen molar-refractivity contribution in [1.82, 2.24) is 14.8 Å². The number of hydrogen-bond donors (Lipinski definition) is 1. The zero-order chi connectivity index (χ0) is 25.1. The number of aryl methyl sites for hydroxylation is 2. The predicted octanol–water partition coefficient (Wildman–Crippen LogP) is 7.25. The van der Waals surface area contributed by atoms with Gasteiger partial charge in [-0.2, -0.15) is 0 Å². The highest BCUT2D eigenvalue weighted by Crippen LogP contribution is 2.27. The number of nitrogens with one attached hydrogen (secondary N) is 1. The first-order chi connectivity index (χ1) is 17.5. The Morgan fingerprint density at radius 3 is 2.36 bits per heavy atom. The van der Waals surface area contributed by atoms with E-state index in [4.69, 9.17) is 16.3 Å². The van der Waals surface area contributed by atoms with Gasteiger partial charge in [0.2, 0.25) is 5.82 Å². The van der Waals surface area contributed by atoms with Gasteiger partial charge >= 0.3 is 0 Å². The summed E-state index contributed by atoms with van der Waals surface area (Å²) in [5.74, 6) is 1.57. The minimum atomic E-state index is -0.418. The number of amides is 1. The summed E-state index contributed by atoms with van der Waals surface area (Å²) in [6.45, 7) is 4.01. The maximum atomic E-state index is 13.1. The smallest absolute Gasteiger partial charge is 0.295 e. The molecule has 0 atom stereocenters. The van der Waals surface area contributed by atoms with E-state index in [1.54, 1.807) is 41.1 Å². The Hall–Kier alpha value is -4.42. The monoisotopic (exact) mass is 494 g/mol. The van der Waals surface area contributed by atoms with Gasteiger partial charge in [0.1, 0.15) is 11.5 Å². The third-order valence-electron chi connectivity index (χ3n) is 5.58. The summed E-state index contributed by atoms with van der Waals surface area (Å²) >= 11 is 6.24. The van der Waals surface area contributed by atoms with E-state index in [9.17, 15) is 4.79 Å². The fraction of sp³-hybridized carbons (Fsp3) is 0.0690. The number of anilines is 1. The van der Waals surface area contributed by atoms with E-state index >= 15 is 0 Å². The highest BCUT2D eigenvalue weighted by molar-refractivity contribution is 6.30. The van der Waals surface area contributed by atoms with Crippen molar-refractivity contribution in [1.29, 1.82) is 0 Å². The quantitative estimate of drug-likeness (QED) is 0.270. The summed E-state index contributed by atoms with van der Waals surface area (Å²) < 4.78 is 7.51. The molecule has 6 nitrogen and oxygen atoms in total. The van der Waals surface area contributed by atoms with Crippen LogP contribution in [0.2, 0.25) is 5.02 Å². The maximum absolute atomic E-state index is 13.1. The van der Waals surface area contributed by atoms with Crippen molar-refractivity contribution in [3.63, 3.8) is 0 Å². The first kappa shape index (κ1) is 23.3. The molecule has 5 aromatic rings. The van der Waals surface area contributed by atoms with Crippen molar-refractivity contribution in [2.45, 2.75) is 13.8 Å². The number of carbonyl (C=O) groups is 1. The fourth-order valence-corrected chi connectivity index (χ4v) is 3.95. The second-order valence-electron chi connectivity index (χ2n) is 8.36. The van der Waals surface area contributed by atoms with Crippen molar-refractivity contribution >= 4 is 23.2 Å². The molecule has 0 aliphatic carbocycles. The van der Waals surface area contributed by atoms with Crippen LogP contribution in [0.4, 0.5) is 5.69 Å². The topological polar surface area (TPSA) is 69.0 Å². The number of benzene rings is 4. The van der Waals surface area contributed by atoms with E-state index in [-0.39, 0.29) is 5.82 Å². The van der Waals surface area contributed by atoms with Crippen LogP contribution in [0.15, 0.2) is 97.1 Å². The lowest BCUT2D eigenvalue weighted by molar-refractivity contribution is 0.101. The molecule has 0 aliphatic heterocycles. The molecule has 0 saturated carbocycles. The molecule has 0 aliphatic rings.